The van der Waals surface area contributed by atoms with E-state index in [1.165, 1.54) is 173 Å². The van der Waals surface area contributed by atoms with Crippen molar-refractivity contribution < 1.29 is 24.5 Å². The molecule has 1 amide bonds. The molecule has 2 atom stereocenters. The molecule has 0 spiro atoms. The first-order valence-corrected chi connectivity index (χ1v) is 25.7. The monoisotopic (exact) mass is 830 g/mol. The second kappa shape index (κ2) is 48.7. The molecule has 2 unspecified atom stereocenters. The highest BCUT2D eigenvalue weighted by atomic mass is 16.5. The molecule has 0 heterocycles. The molecule has 0 radical (unpaired) electrons. The summed E-state index contributed by atoms with van der Waals surface area (Å²) in [5.74, 6) is -0.144. The Morgan fingerprint density at radius 1 is 0.475 bits per heavy atom. The van der Waals surface area contributed by atoms with Crippen molar-refractivity contribution in [2.45, 2.75) is 276 Å². The number of hydrogen-bond acceptors (Lipinski definition) is 5. The normalized spacial score (nSPS) is 12.9. The molecule has 3 N–H and O–H groups in total. The van der Waals surface area contributed by atoms with Crippen molar-refractivity contribution in [1.29, 1.82) is 0 Å². The zero-order chi connectivity index (χ0) is 43.0. The Kier molecular flexibility index (Phi) is 47.2. The molecule has 0 aromatic rings. The number of aliphatic hydroxyl groups is 2. The predicted octanol–water partition coefficient (Wildman–Crippen LogP) is 15.3. The van der Waals surface area contributed by atoms with E-state index >= 15 is 0 Å². The van der Waals surface area contributed by atoms with Gasteiger partial charge in [-0.1, -0.05) is 224 Å². The van der Waals surface area contributed by atoms with E-state index in [1.54, 1.807) is 0 Å². The van der Waals surface area contributed by atoms with E-state index in [9.17, 15) is 19.8 Å². The molecular formula is C53H99NO5. The van der Waals surface area contributed by atoms with Crippen LogP contribution in [0.5, 0.6) is 0 Å². The van der Waals surface area contributed by atoms with E-state index in [0.717, 1.165) is 51.4 Å². The average Bonchev–Trinajstić information content (AvgIpc) is 3.24. The maximum Gasteiger partial charge on any atom is 0.305 e. The maximum atomic E-state index is 12.4. The summed E-state index contributed by atoms with van der Waals surface area (Å²) in [5.41, 5.74) is 0. The van der Waals surface area contributed by atoms with Gasteiger partial charge in [0.05, 0.1) is 25.4 Å². The Balaban J connectivity index is 3.57. The highest BCUT2D eigenvalue weighted by molar-refractivity contribution is 5.76. The van der Waals surface area contributed by atoms with Gasteiger partial charge in [-0.05, 0) is 64.2 Å². The van der Waals surface area contributed by atoms with Crippen LogP contribution in [-0.2, 0) is 14.3 Å². The van der Waals surface area contributed by atoms with Crippen LogP contribution in [-0.4, -0.2) is 47.4 Å². The molecule has 0 bridgehead atoms. The maximum absolute atomic E-state index is 12.4. The van der Waals surface area contributed by atoms with Crippen molar-refractivity contribution in [3.63, 3.8) is 0 Å². The van der Waals surface area contributed by atoms with E-state index in [0.29, 0.717) is 32.3 Å². The fourth-order valence-corrected chi connectivity index (χ4v) is 7.67. The summed E-state index contributed by atoms with van der Waals surface area (Å²) in [7, 11) is 0. The summed E-state index contributed by atoms with van der Waals surface area (Å²) in [6.07, 6.45) is 58.4. The van der Waals surface area contributed by atoms with Gasteiger partial charge in [-0.2, -0.15) is 0 Å². The number of allylic oxidation sites excluding steroid dienone is 6. The van der Waals surface area contributed by atoms with Crippen molar-refractivity contribution in [2.24, 2.45) is 0 Å². The standard InChI is InChI=1S/C53H99NO5/c1-3-5-7-9-11-13-15-16-17-18-19-20-22-26-29-33-37-41-45-51(56)50(49-55)54-52(57)46-42-38-34-30-27-23-21-24-28-32-36-40-44-48-59-53(58)47-43-39-35-31-25-14-12-10-8-6-4-2/h10,12,23,27,34,38,50-51,55-56H,3-9,11,13-22,24-26,28-33,35-37,39-49H2,1-2H3,(H,54,57)/b12-10-,27-23-,38-34-. The van der Waals surface area contributed by atoms with E-state index < -0.39 is 12.1 Å². The minimum Gasteiger partial charge on any atom is -0.466 e. The van der Waals surface area contributed by atoms with Gasteiger partial charge < -0.3 is 20.3 Å². The van der Waals surface area contributed by atoms with Crippen LogP contribution < -0.4 is 5.32 Å². The molecule has 0 saturated carbocycles. The zero-order valence-corrected chi connectivity index (χ0v) is 39.2. The van der Waals surface area contributed by atoms with Crippen LogP contribution in [0.3, 0.4) is 0 Å². The first-order chi connectivity index (χ1) is 29.0. The Hall–Kier alpha value is -1.92. The molecule has 0 aliphatic rings. The summed E-state index contributed by atoms with van der Waals surface area (Å²) in [4.78, 5) is 24.4. The van der Waals surface area contributed by atoms with Crippen LogP contribution >= 0.6 is 0 Å². The number of amides is 1. The van der Waals surface area contributed by atoms with Crippen molar-refractivity contribution in [3.05, 3.63) is 36.5 Å². The van der Waals surface area contributed by atoms with E-state index in [2.05, 4.69) is 49.5 Å². The van der Waals surface area contributed by atoms with Gasteiger partial charge in [0, 0.05) is 12.8 Å². The van der Waals surface area contributed by atoms with Gasteiger partial charge in [-0.15, -0.1) is 0 Å². The number of hydrogen-bond donors (Lipinski definition) is 3. The summed E-state index contributed by atoms with van der Waals surface area (Å²) >= 11 is 0. The molecule has 59 heavy (non-hydrogen) atoms. The summed E-state index contributed by atoms with van der Waals surface area (Å²) in [6.45, 7) is 4.85. The van der Waals surface area contributed by atoms with Crippen molar-refractivity contribution in [2.75, 3.05) is 13.2 Å². The number of carbonyl (C=O) groups is 2. The largest absolute Gasteiger partial charge is 0.466 e. The Morgan fingerprint density at radius 3 is 1.39 bits per heavy atom. The number of nitrogens with one attached hydrogen (secondary N) is 1. The Morgan fingerprint density at radius 2 is 0.881 bits per heavy atom. The topological polar surface area (TPSA) is 95.9 Å². The van der Waals surface area contributed by atoms with Crippen molar-refractivity contribution in [1.82, 2.24) is 5.32 Å². The molecule has 0 aromatic heterocycles. The van der Waals surface area contributed by atoms with Gasteiger partial charge in [0.2, 0.25) is 5.91 Å². The van der Waals surface area contributed by atoms with Crippen LogP contribution in [0.15, 0.2) is 36.5 Å². The molecule has 0 fully saturated rings. The first-order valence-electron chi connectivity index (χ1n) is 25.7. The van der Waals surface area contributed by atoms with Crippen LogP contribution in [0.4, 0.5) is 0 Å². The van der Waals surface area contributed by atoms with E-state index in [1.807, 2.05) is 6.08 Å². The lowest BCUT2D eigenvalue weighted by molar-refractivity contribution is -0.143. The van der Waals surface area contributed by atoms with Gasteiger partial charge in [0.15, 0.2) is 0 Å². The van der Waals surface area contributed by atoms with E-state index in [4.69, 9.17) is 4.74 Å². The third-order valence-electron chi connectivity index (χ3n) is 11.7. The minimum atomic E-state index is -0.699. The number of ether oxygens (including phenoxy) is 1. The van der Waals surface area contributed by atoms with Gasteiger partial charge in [0.25, 0.3) is 0 Å². The lowest BCUT2D eigenvalue weighted by Gasteiger charge is -2.22. The lowest BCUT2D eigenvalue weighted by atomic mass is 10.0. The number of esters is 1. The SMILES string of the molecule is CCCC/C=C\CCCCCCCC(=O)OCCCCCCCC/C=C\C/C=C\CCC(=O)NC(CO)C(O)CCCCCCCCCCCCCCCCCCCC. The second-order valence-corrected chi connectivity index (χ2v) is 17.5. The molecular weight excluding hydrogens is 731 g/mol. The molecule has 0 rings (SSSR count). The summed E-state index contributed by atoms with van der Waals surface area (Å²) in [6, 6.07) is -0.586. The Labute approximate surface area is 366 Å². The van der Waals surface area contributed by atoms with Crippen LogP contribution in [0, 0.1) is 0 Å². The molecule has 0 aromatic carbocycles. The number of unbranched alkanes of at least 4 members (excludes halogenated alkanes) is 30. The van der Waals surface area contributed by atoms with Gasteiger partial charge in [-0.25, -0.2) is 0 Å². The molecule has 0 aliphatic heterocycles. The first kappa shape index (κ1) is 57.1. The number of aliphatic hydroxyl groups excluding tert-OH is 2. The van der Waals surface area contributed by atoms with Crippen LogP contribution in [0.2, 0.25) is 0 Å². The second-order valence-electron chi connectivity index (χ2n) is 17.5. The van der Waals surface area contributed by atoms with Gasteiger partial charge >= 0.3 is 5.97 Å². The van der Waals surface area contributed by atoms with Crippen molar-refractivity contribution in [3.8, 4) is 0 Å². The lowest BCUT2D eigenvalue weighted by Crippen LogP contribution is -2.45. The number of rotatable bonds is 47. The van der Waals surface area contributed by atoms with Crippen LogP contribution in [0.1, 0.15) is 264 Å². The van der Waals surface area contributed by atoms with Crippen LogP contribution in [0.25, 0.3) is 0 Å². The summed E-state index contributed by atoms with van der Waals surface area (Å²) in [5, 5.41) is 23.2. The minimum absolute atomic E-state index is 0.0284. The van der Waals surface area contributed by atoms with Gasteiger partial charge in [-0.3, -0.25) is 9.59 Å². The fraction of sp³-hybridized carbons (Fsp3) is 0.849. The third-order valence-corrected chi connectivity index (χ3v) is 11.7. The van der Waals surface area contributed by atoms with E-state index in [-0.39, 0.29) is 18.5 Å². The predicted molar refractivity (Wildman–Crippen MR) is 255 cm³/mol. The van der Waals surface area contributed by atoms with Crippen molar-refractivity contribution >= 4 is 11.9 Å². The molecule has 6 nitrogen and oxygen atoms in total. The summed E-state index contributed by atoms with van der Waals surface area (Å²) < 4.78 is 5.42. The average molecular weight is 830 g/mol. The highest BCUT2D eigenvalue weighted by Gasteiger charge is 2.19. The third kappa shape index (κ3) is 45.4. The molecule has 6 heteroatoms. The molecule has 0 aliphatic carbocycles. The molecule has 0 saturated heterocycles. The highest BCUT2D eigenvalue weighted by Crippen LogP contribution is 2.16. The Bertz CT molecular complexity index is 962. The zero-order valence-electron chi connectivity index (χ0n) is 39.2. The number of carbonyl (C=O) groups excluding carboxylic acids is 2. The smallest absolute Gasteiger partial charge is 0.305 e. The van der Waals surface area contributed by atoms with Gasteiger partial charge in [0.1, 0.15) is 0 Å². The molecule has 346 valence electrons. The fourth-order valence-electron chi connectivity index (χ4n) is 7.67. The quantitative estimate of drug-likeness (QED) is 0.0323.